The largest absolute Gasteiger partial charge is 0.461 e. The number of hydrogen-bond acceptors (Lipinski definition) is 4. The Morgan fingerprint density at radius 2 is 2.16 bits per heavy atom. The third kappa shape index (κ3) is 1.83. The van der Waals surface area contributed by atoms with Gasteiger partial charge in [-0.1, -0.05) is 0 Å². The fraction of sp³-hybridized carbons (Fsp3) is 0.857. The lowest BCUT2D eigenvalue weighted by molar-refractivity contribution is -0.161. The molecule has 104 valence electrons. The minimum absolute atomic E-state index is 0.00553. The van der Waals surface area contributed by atoms with Crippen molar-refractivity contribution in [1.29, 1.82) is 0 Å². The molecule has 0 radical (unpaired) electrons. The number of epoxide rings is 1. The van der Waals surface area contributed by atoms with Crippen molar-refractivity contribution in [2.75, 3.05) is 5.88 Å². The summed E-state index contributed by atoms with van der Waals surface area (Å²) in [5.74, 6) is 1.10. The van der Waals surface area contributed by atoms with Crippen LogP contribution >= 0.6 is 11.6 Å². The van der Waals surface area contributed by atoms with Gasteiger partial charge in [-0.3, -0.25) is 9.59 Å². The Labute approximate surface area is 116 Å². The number of ketones is 1. The number of carbonyl (C=O) groups excluding carboxylic acids is 2. The molecule has 4 nitrogen and oxygen atoms in total. The predicted octanol–water partition coefficient (Wildman–Crippen LogP) is 1.54. The van der Waals surface area contributed by atoms with E-state index in [1.165, 1.54) is 0 Å². The highest BCUT2D eigenvalue weighted by molar-refractivity contribution is 6.26. The van der Waals surface area contributed by atoms with Crippen molar-refractivity contribution in [2.24, 2.45) is 23.7 Å². The fourth-order valence-corrected chi connectivity index (χ4v) is 4.71. The predicted molar refractivity (Wildman–Crippen MR) is 66.7 cm³/mol. The number of rotatable bonds is 2. The van der Waals surface area contributed by atoms with Crippen molar-refractivity contribution >= 4 is 23.4 Å². The first-order chi connectivity index (χ1) is 9.17. The number of ether oxygens (including phenoxy) is 2. The smallest absolute Gasteiger partial charge is 0.321 e. The molecule has 4 saturated carbocycles. The molecule has 7 atom stereocenters. The number of Topliss-reactive ketones (excluding diaryl/α,β-unsaturated/α-hetero) is 1. The van der Waals surface area contributed by atoms with Crippen LogP contribution in [0.1, 0.15) is 25.7 Å². The third-order valence-electron chi connectivity index (χ3n) is 5.34. The Balaban J connectivity index is 1.64. The highest BCUT2D eigenvalue weighted by Gasteiger charge is 2.61. The third-order valence-corrected chi connectivity index (χ3v) is 5.56. The van der Waals surface area contributed by atoms with Crippen LogP contribution in [0.15, 0.2) is 0 Å². The number of halogens is 1. The van der Waals surface area contributed by atoms with E-state index in [0.717, 1.165) is 25.7 Å². The summed E-state index contributed by atoms with van der Waals surface area (Å²) < 4.78 is 11.2. The molecule has 0 N–H and O–H groups in total. The first-order valence-corrected chi connectivity index (χ1v) is 7.65. The molecule has 5 heteroatoms. The van der Waals surface area contributed by atoms with Gasteiger partial charge in [0, 0.05) is 11.8 Å². The molecule has 0 aromatic heterocycles. The lowest BCUT2D eigenvalue weighted by atomic mass is 9.59. The fourth-order valence-electron chi connectivity index (χ4n) is 4.64. The number of carbonyl (C=O) groups is 2. The Morgan fingerprint density at radius 1 is 1.32 bits per heavy atom. The lowest BCUT2D eigenvalue weighted by Gasteiger charge is -2.47. The molecule has 0 aromatic rings. The maximum Gasteiger partial charge on any atom is 0.321 e. The minimum Gasteiger partial charge on any atom is -0.461 e. The van der Waals surface area contributed by atoms with Crippen molar-refractivity contribution in [1.82, 2.24) is 0 Å². The van der Waals surface area contributed by atoms with Crippen LogP contribution in [0, 0.1) is 23.7 Å². The van der Waals surface area contributed by atoms with Gasteiger partial charge in [-0.2, -0.15) is 0 Å². The van der Waals surface area contributed by atoms with Crippen molar-refractivity contribution < 1.29 is 19.1 Å². The zero-order valence-electron chi connectivity index (χ0n) is 10.6. The zero-order valence-corrected chi connectivity index (χ0v) is 11.3. The molecular weight excluding hydrogens is 268 g/mol. The van der Waals surface area contributed by atoms with E-state index in [-0.39, 0.29) is 42.0 Å². The monoisotopic (exact) mass is 284 g/mol. The maximum atomic E-state index is 12.2. The van der Waals surface area contributed by atoms with Gasteiger partial charge in [0.25, 0.3) is 0 Å². The molecule has 1 heterocycles. The molecule has 4 bridgehead atoms. The average Bonchev–Trinajstić information content (AvgIpc) is 3.19. The van der Waals surface area contributed by atoms with Gasteiger partial charge in [0.1, 0.15) is 18.1 Å². The average molecular weight is 285 g/mol. The summed E-state index contributed by atoms with van der Waals surface area (Å²) in [7, 11) is 0. The van der Waals surface area contributed by atoms with Gasteiger partial charge in [-0.25, -0.2) is 0 Å². The first kappa shape index (κ1) is 12.2. The van der Waals surface area contributed by atoms with Crippen LogP contribution in [0.3, 0.4) is 0 Å². The van der Waals surface area contributed by atoms with Crippen LogP contribution in [-0.4, -0.2) is 35.9 Å². The number of hydrogen-bond donors (Lipinski definition) is 0. The minimum atomic E-state index is -0.346. The number of alkyl halides is 1. The molecule has 4 aliphatic carbocycles. The van der Waals surface area contributed by atoms with Crippen molar-refractivity contribution in [3.8, 4) is 0 Å². The molecule has 0 amide bonds. The van der Waals surface area contributed by atoms with Gasteiger partial charge in [-0.05, 0) is 37.5 Å². The van der Waals surface area contributed by atoms with Crippen molar-refractivity contribution in [3.05, 3.63) is 0 Å². The van der Waals surface area contributed by atoms with E-state index in [2.05, 4.69) is 0 Å². The van der Waals surface area contributed by atoms with E-state index >= 15 is 0 Å². The summed E-state index contributed by atoms with van der Waals surface area (Å²) in [6, 6.07) is 0. The molecule has 7 unspecified atom stereocenters. The zero-order chi connectivity index (χ0) is 13.1. The summed E-state index contributed by atoms with van der Waals surface area (Å²) in [6.07, 6.45) is 3.67. The van der Waals surface area contributed by atoms with Crippen LogP contribution < -0.4 is 0 Å². The molecule has 19 heavy (non-hydrogen) atoms. The summed E-state index contributed by atoms with van der Waals surface area (Å²) in [6.45, 7) is 0. The Kier molecular flexibility index (Phi) is 2.68. The molecule has 5 fully saturated rings. The van der Waals surface area contributed by atoms with E-state index in [1.807, 2.05) is 0 Å². The van der Waals surface area contributed by atoms with Gasteiger partial charge in [-0.15, -0.1) is 11.6 Å². The SMILES string of the molecule is O=C(CCl)OC1C2CC3CC(C2)C(=O)C2OC2C1C3. The van der Waals surface area contributed by atoms with Gasteiger partial charge in [0.2, 0.25) is 0 Å². The standard InChI is InChI=1S/C14H17ClO4/c15-5-10(16)18-12-8-2-6-1-7(4-8)11(17)14-13(19-14)9(12)3-6/h6-9,12-14H,1-5H2. The topological polar surface area (TPSA) is 55.9 Å². The summed E-state index contributed by atoms with van der Waals surface area (Å²) >= 11 is 5.55. The van der Waals surface area contributed by atoms with Gasteiger partial charge >= 0.3 is 5.97 Å². The first-order valence-electron chi connectivity index (χ1n) is 7.12. The molecular formula is C14H17ClO4. The Bertz CT molecular complexity index is 437. The van der Waals surface area contributed by atoms with E-state index in [4.69, 9.17) is 21.1 Å². The molecule has 0 aromatic carbocycles. The second-order valence-corrected chi connectivity index (χ2v) is 6.71. The van der Waals surface area contributed by atoms with Crippen LogP contribution in [0.5, 0.6) is 0 Å². The van der Waals surface area contributed by atoms with Crippen molar-refractivity contribution in [2.45, 2.75) is 44.0 Å². The van der Waals surface area contributed by atoms with E-state index in [0.29, 0.717) is 17.6 Å². The molecule has 5 rings (SSSR count). The highest BCUT2D eigenvalue weighted by atomic mass is 35.5. The maximum absolute atomic E-state index is 12.2. The molecule has 1 aliphatic heterocycles. The van der Waals surface area contributed by atoms with Crippen LogP contribution in [-0.2, 0) is 19.1 Å². The van der Waals surface area contributed by atoms with E-state index < -0.39 is 0 Å². The molecule has 0 spiro atoms. The lowest BCUT2D eigenvalue weighted by Crippen LogP contribution is -2.50. The Morgan fingerprint density at radius 3 is 2.95 bits per heavy atom. The van der Waals surface area contributed by atoms with E-state index in [1.54, 1.807) is 0 Å². The van der Waals surface area contributed by atoms with Crippen LogP contribution in [0.25, 0.3) is 0 Å². The number of esters is 1. The van der Waals surface area contributed by atoms with Crippen LogP contribution in [0.4, 0.5) is 0 Å². The van der Waals surface area contributed by atoms with Gasteiger partial charge in [0.15, 0.2) is 5.78 Å². The molecule has 5 aliphatic rings. The van der Waals surface area contributed by atoms with Crippen molar-refractivity contribution in [3.63, 3.8) is 0 Å². The van der Waals surface area contributed by atoms with E-state index in [9.17, 15) is 9.59 Å². The summed E-state index contributed by atoms with van der Waals surface area (Å²) in [5.41, 5.74) is 0. The normalized spacial score (nSPS) is 50.4. The Hall–Kier alpha value is -0.610. The second-order valence-electron chi connectivity index (χ2n) is 6.44. The highest BCUT2D eigenvalue weighted by Crippen LogP contribution is 2.54. The molecule has 1 saturated heterocycles. The van der Waals surface area contributed by atoms with Gasteiger partial charge in [0.05, 0.1) is 6.10 Å². The summed E-state index contributed by atoms with van der Waals surface area (Å²) in [5, 5.41) is 0. The van der Waals surface area contributed by atoms with Crippen LogP contribution in [0.2, 0.25) is 0 Å². The summed E-state index contributed by atoms with van der Waals surface area (Å²) in [4.78, 5) is 23.8. The second kappa shape index (κ2) is 4.19. The quantitative estimate of drug-likeness (QED) is 0.438. The van der Waals surface area contributed by atoms with Gasteiger partial charge < -0.3 is 9.47 Å².